The Bertz CT molecular complexity index is 595. The quantitative estimate of drug-likeness (QED) is 0.617. The van der Waals surface area contributed by atoms with E-state index >= 15 is 0 Å². The molecule has 2 aromatic rings. The van der Waals surface area contributed by atoms with E-state index in [4.69, 9.17) is 15.3 Å². The third-order valence-corrected chi connectivity index (χ3v) is 3.35. The van der Waals surface area contributed by atoms with Crippen molar-refractivity contribution in [3.05, 3.63) is 33.3 Å². The van der Waals surface area contributed by atoms with Crippen LogP contribution in [0.15, 0.2) is 33.3 Å². The fourth-order valence-electron chi connectivity index (χ4n) is 1.29. The molecule has 0 aliphatic heterocycles. The lowest BCUT2D eigenvalue weighted by molar-refractivity contribution is 0.411. The molecule has 0 unspecified atom stereocenters. The lowest BCUT2D eigenvalue weighted by atomic mass is 10.3. The van der Waals surface area contributed by atoms with Crippen LogP contribution in [-0.4, -0.2) is 17.1 Å². The second-order valence-electron chi connectivity index (χ2n) is 3.39. The Kier molecular flexibility index (Phi) is 4.56. The highest BCUT2D eigenvalue weighted by Crippen LogP contribution is 2.34. The van der Waals surface area contributed by atoms with Gasteiger partial charge in [-0.1, -0.05) is 0 Å². The van der Waals surface area contributed by atoms with Crippen molar-refractivity contribution in [2.75, 3.05) is 12.5 Å². The van der Waals surface area contributed by atoms with Gasteiger partial charge < -0.3 is 9.47 Å². The number of aromatic nitrogens is 2. The molecule has 0 radical (unpaired) electrons. The van der Waals surface area contributed by atoms with E-state index in [1.54, 1.807) is 31.5 Å². The first-order valence-corrected chi connectivity index (χ1v) is 6.73. The van der Waals surface area contributed by atoms with Gasteiger partial charge in [-0.05, 0) is 50.1 Å². The van der Waals surface area contributed by atoms with Crippen molar-refractivity contribution in [1.82, 2.24) is 9.97 Å². The molecule has 0 aliphatic rings. The number of ether oxygens (including phenoxy) is 2. The van der Waals surface area contributed by atoms with Gasteiger partial charge in [-0.15, -0.1) is 0 Å². The molecular formula is C11H10Br2N4O2. The maximum atomic E-state index is 5.69. The highest BCUT2D eigenvalue weighted by atomic mass is 79.9. The fraction of sp³-hybridized carbons (Fsp3) is 0.0909. The zero-order chi connectivity index (χ0) is 13.8. The number of rotatable bonds is 4. The van der Waals surface area contributed by atoms with Crippen LogP contribution in [-0.2, 0) is 0 Å². The summed E-state index contributed by atoms with van der Waals surface area (Å²) in [6, 6.07) is 5.36. The van der Waals surface area contributed by atoms with Gasteiger partial charge >= 0.3 is 0 Å². The number of nitrogens with two attached hydrogens (primary N) is 1. The van der Waals surface area contributed by atoms with Crippen LogP contribution in [0.5, 0.6) is 17.4 Å². The Hall–Kier alpha value is -1.38. The molecule has 0 aliphatic carbocycles. The van der Waals surface area contributed by atoms with Gasteiger partial charge in [-0.2, -0.15) is 4.98 Å². The number of nitrogens with zero attached hydrogens (tertiary/aromatic N) is 2. The summed E-state index contributed by atoms with van der Waals surface area (Å²) in [4.78, 5) is 8.04. The molecule has 19 heavy (non-hydrogen) atoms. The number of halogens is 2. The summed E-state index contributed by atoms with van der Waals surface area (Å²) in [5.74, 6) is 7.21. The van der Waals surface area contributed by atoms with Gasteiger partial charge in [0.1, 0.15) is 11.5 Å². The minimum Gasteiger partial charge on any atom is -0.497 e. The van der Waals surface area contributed by atoms with Crippen LogP contribution in [0.2, 0.25) is 0 Å². The first-order chi connectivity index (χ1) is 9.13. The number of methoxy groups -OCH3 is 1. The summed E-state index contributed by atoms with van der Waals surface area (Å²) in [5.41, 5.74) is 2.36. The van der Waals surface area contributed by atoms with Gasteiger partial charge in [0.25, 0.3) is 0 Å². The number of nitrogens with one attached hydrogen (secondary N) is 1. The van der Waals surface area contributed by atoms with E-state index < -0.39 is 0 Å². The molecule has 1 heterocycles. The Labute approximate surface area is 126 Å². The van der Waals surface area contributed by atoms with E-state index in [0.717, 1.165) is 10.2 Å². The topological polar surface area (TPSA) is 82.3 Å². The monoisotopic (exact) mass is 388 g/mol. The average Bonchev–Trinajstić information content (AvgIpc) is 2.43. The summed E-state index contributed by atoms with van der Waals surface area (Å²) in [7, 11) is 1.60. The van der Waals surface area contributed by atoms with Gasteiger partial charge in [0.2, 0.25) is 11.8 Å². The summed E-state index contributed by atoms with van der Waals surface area (Å²) < 4.78 is 12.2. The molecule has 0 amide bonds. The van der Waals surface area contributed by atoms with Crippen LogP contribution in [0.4, 0.5) is 5.95 Å². The summed E-state index contributed by atoms with van der Waals surface area (Å²) in [5, 5.41) is 0. The molecule has 0 spiro atoms. The summed E-state index contributed by atoms with van der Waals surface area (Å²) in [6.07, 6.45) is 1.55. The first-order valence-electron chi connectivity index (χ1n) is 5.14. The van der Waals surface area contributed by atoms with Crippen molar-refractivity contribution < 1.29 is 9.47 Å². The Morgan fingerprint density at radius 2 is 2.05 bits per heavy atom. The number of hydrogen-bond acceptors (Lipinski definition) is 6. The third-order valence-electron chi connectivity index (χ3n) is 2.19. The third kappa shape index (κ3) is 3.34. The molecule has 0 fully saturated rings. The van der Waals surface area contributed by atoms with E-state index in [1.807, 2.05) is 0 Å². The maximum Gasteiger partial charge on any atom is 0.240 e. The van der Waals surface area contributed by atoms with Crippen LogP contribution in [0, 0.1) is 0 Å². The lowest BCUT2D eigenvalue weighted by Gasteiger charge is -2.10. The number of anilines is 1. The minimum atomic E-state index is 0.267. The van der Waals surface area contributed by atoms with Crippen molar-refractivity contribution >= 4 is 37.8 Å². The maximum absolute atomic E-state index is 5.69. The van der Waals surface area contributed by atoms with Crippen molar-refractivity contribution in [3.63, 3.8) is 0 Å². The van der Waals surface area contributed by atoms with Gasteiger partial charge in [0.05, 0.1) is 22.3 Å². The molecule has 6 nitrogen and oxygen atoms in total. The molecule has 8 heteroatoms. The minimum absolute atomic E-state index is 0.267. The van der Waals surface area contributed by atoms with Gasteiger partial charge in [-0.3, -0.25) is 5.43 Å². The molecule has 0 atom stereocenters. The Morgan fingerprint density at radius 1 is 1.26 bits per heavy atom. The Morgan fingerprint density at radius 3 is 2.68 bits per heavy atom. The number of nitrogen functional groups attached to an aromatic ring is 1. The first kappa shape index (κ1) is 14.0. The SMILES string of the molecule is COc1ccc(Oc2nc(NN)ncc2Br)c(Br)c1. The number of hydrazine groups is 1. The standard InChI is InChI=1S/C11H10Br2N4O2/c1-18-6-2-3-9(7(12)4-6)19-10-8(13)5-15-11(16-10)17-14/h2-5H,14H2,1H3,(H,15,16,17). The highest BCUT2D eigenvalue weighted by Gasteiger charge is 2.10. The van der Waals surface area contributed by atoms with E-state index in [1.165, 1.54) is 0 Å². The molecule has 1 aromatic carbocycles. The van der Waals surface area contributed by atoms with Crippen molar-refractivity contribution in [3.8, 4) is 17.4 Å². The van der Waals surface area contributed by atoms with Crippen LogP contribution >= 0.6 is 31.9 Å². The zero-order valence-electron chi connectivity index (χ0n) is 9.85. The molecule has 3 N–H and O–H groups in total. The van der Waals surface area contributed by atoms with Crippen LogP contribution < -0.4 is 20.7 Å². The lowest BCUT2D eigenvalue weighted by Crippen LogP contribution is -2.10. The molecular weight excluding hydrogens is 380 g/mol. The highest BCUT2D eigenvalue weighted by molar-refractivity contribution is 9.11. The molecule has 100 valence electrons. The largest absolute Gasteiger partial charge is 0.497 e. The van der Waals surface area contributed by atoms with Gasteiger partial charge in [0, 0.05) is 0 Å². The van der Waals surface area contributed by atoms with Crippen LogP contribution in [0.1, 0.15) is 0 Å². The molecule has 1 aromatic heterocycles. The predicted octanol–water partition coefficient (Wildman–Crippen LogP) is 3.09. The smallest absolute Gasteiger partial charge is 0.240 e. The van der Waals surface area contributed by atoms with Crippen LogP contribution in [0.3, 0.4) is 0 Å². The molecule has 2 rings (SSSR count). The predicted molar refractivity (Wildman–Crippen MR) is 78.3 cm³/mol. The number of hydrogen-bond donors (Lipinski definition) is 2. The summed E-state index contributed by atoms with van der Waals surface area (Å²) >= 11 is 6.71. The van der Waals surface area contributed by atoms with E-state index in [9.17, 15) is 0 Å². The van der Waals surface area contributed by atoms with E-state index in [2.05, 4.69) is 47.3 Å². The van der Waals surface area contributed by atoms with E-state index in [-0.39, 0.29) is 5.95 Å². The second kappa shape index (κ2) is 6.18. The van der Waals surface area contributed by atoms with Gasteiger partial charge in [-0.25, -0.2) is 10.8 Å². The summed E-state index contributed by atoms with van der Waals surface area (Å²) in [6.45, 7) is 0. The molecule has 0 bridgehead atoms. The van der Waals surface area contributed by atoms with Crippen LogP contribution in [0.25, 0.3) is 0 Å². The normalized spacial score (nSPS) is 10.1. The van der Waals surface area contributed by atoms with Crippen molar-refractivity contribution in [1.29, 1.82) is 0 Å². The molecule has 0 saturated carbocycles. The Balaban J connectivity index is 2.30. The second-order valence-corrected chi connectivity index (χ2v) is 5.10. The van der Waals surface area contributed by atoms with Crippen molar-refractivity contribution in [2.45, 2.75) is 0 Å². The van der Waals surface area contributed by atoms with Gasteiger partial charge in [0.15, 0.2) is 0 Å². The zero-order valence-corrected chi connectivity index (χ0v) is 13.0. The van der Waals surface area contributed by atoms with E-state index in [0.29, 0.717) is 16.1 Å². The average molecular weight is 390 g/mol. The number of benzene rings is 1. The molecule has 0 saturated heterocycles. The van der Waals surface area contributed by atoms with Crippen molar-refractivity contribution in [2.24, 2.45) is 5.84 Å². The fourth-order valence-corrected chi connectivity index (χ4v) is 2.00.